The number of nitrogens with zero attached hydrogens (tertiary/aromatic N) is 1. The van der Waals surface area contributed by atoms with Gasteiger partial charge in [-0.25, -0.2) is 0 Å². The molecule has 5 nitrogen and oxygen atoms in total. The molecule has 0 amide bonds. The van der Waals surface area contributed by atoms with E-state index in [1.807, 2.05) is 0 Å². The van der Waals surface area contributed by atoms with Crippen molar-refractivity contribution in [3.8, 4) is 5.75 Å². The number of ether oxygens (including phenoxy) is 1. The van der Waals surface area contributed by atoms with Crippen molar-refractivity contribution in [1.29, 1.82) is 0 Å². The SMILES string of the molecule is CC(=O)OCc1cnc(C)c(O)c1C=O. The largest absolute Gasteiger partial charge is 0.505 e. The van der Waals surface area contributed by atoms with Crippen LogP contribution in [0.4, 0.5) is 0 Å². The maximum absolute atomic E-state index is 10.7. The highest BCUT2D eigenvalue weighted by molar-refractivity contribution is 5.81. The Hall–Kier alpha value is -1.91. The zero-order valence-electron chi connectivity index (χ0n) is 8.48. The van der Waals surface area contributed by atoms with Crippen LogP contribution in [0.5, 0.6) is 5.75 Å². The molecule has 0 atom stereocenters. The number of aromatic hydroxyl groups is 1. The summed E-state index contributed by atoms with van der Waals surface area (Å²) in [6.45, 7) is 2.78. The Bertz CT molecular complexity index is 401. The van der Waals surface area contributed by atoms with Gasteiger partial charge in [0.2, 0.25) is 0 Å². The summed E-state index contributed by atoms with van der Waals surface area (Å²) in [5, 5.41) is 9.51. The van der Waals surface area contributed by atoms with E-state index in [2.05, 4.69) is 4.98 Å². The third-order valence-electron chi connectivity index (χ3n) is 1.91. The van der Waals surface area contributed by atoms with Crippen molar-refractivity contribution in [2.24, 2.45) is 0 Å². The van der Waals surface area contributed by atoms with Gasteiger partial charge in [0.15, 0.2) is 6.29 Å². The minimum absolute atomic E-state index is 0.0652. The molecule has 15 heavy (non-hydrogen) atoms. The zero-order chi connectivity index (χ0) is 11.4. The van der Waals surface area contributed by atoms with Crippen LogP contribution in [0.3, 0.4) is 0 Å². The first kappa shape index (κ1) is 11.2. The number of carbonyl (C=O) groups is 2. The average Bonchev–Trinajstić information content (AvgIpc) is 2.19. The lowest BCUT2D eigenvalue weighted by Gasteiger charge is -2.07. The molecule has 5 heteroatoms. The van der Waals surface area contributed by atoms with Crippen LogP contribution in [0.25, 0.3) is 0 Å². The molecule has 0 saturated carbocycles. The lowest BCUT2D eigenvalue weighted by molar-refractivity contribution is -0.142. The van der Waals surface area contributed by atoms with Gasteiger partial charge in [-0.1, -0.05) is 0 Å². The third-order valence-corrected chi connectivity index (χ3v) is 1.91. The van der Waals surface area contributed by atoms with Crippen LogP contribution in [0.15, 0.2) is 6.20 Å². The summed E-state index contributed by atoms with van der Waals surface area (Å²) in [4.78, 5) is 25.2. The van der Waals surface area contributed by atoms with Crippen LogP contribution in [-0.2, 0) is 16.1 Å². The molecule has 0 aromatic carbocycles. The summed E-state index contributed by atoms with van der Waals surface area (Å²) in [7, 11) is 0. The molecule has 0 spiro atoms. The van der Waals surface area contributed by atoms with E-state index < -0.39 is 5.97 Å². The van der Waals surface area contributed by atoms with Gasteiger partial charge in [0.05, 0.1) is 11.3 Å². The van der Waals surface area contributed by atoms with E-state index >= 15 is 0 Å². The molecule has 0 bridgehead atoms. The molecule has 1 rings (SSSR count). The number of aromatic nitrogens is 1. The highest BCUT2D eigenvalue weighted by Gasteiger charge is 2.11. The number of esters is 1. The second-order valence-corrected chi connectivity index (χ2v) is 3.03. The standard InChI is InChI=1S/C10H11NO4/c1-6-10(14)9(4-12)8(3-11-6)5-15-7(2)13/h3-4,14H,5H2,1-2H3. The minimum Gasteiger partial charge on any atom is -0.505 e. The summed E-state index contributed by atoms with van der Waals surface area (Å²) in [6, 6.07) is 0. The summed E-state index contributed by atoms with van der Waals surface area (Å²) in [6.07, 6.45) is 1.92. The number of pyridine rings is 1. The van der Waals surface area contributed by atoms with E-state index in [0.717, 1.165) is 0 Å². The van der Waals surface area contributed by atoms with E-state index in [0.29, 0.717) is 17.5 Å². The van der Waals surface area contributed by atoms with E-state index in [4.69, 9.17) is 4.74 Å². The molecule has 0 radical (unpaired) electrons. The lowest BCUT2D eigenvalue weighted by atomic mass is 10.1. The molecular weight excluding hydrogens is 198 g/mol. The normalized spacial score (nSPS) is 9.73. The van der Waals surface area contributed by atoms with E-state index in [9.17, 15) is 14.7 Å². The first-order valence-corrected chi connectivity index (χ1v) is 4.32. The predicted molar refractivity (Wildman–Crippen MR) is 51.5 cm³/mol. The molecule has 1 aromatic rings. The van der Waals surface area contributed by atoms with E-state index in [1.165, 1.54) is 13.1 Å². The van der Waals surface area contributed by atoms with E-state index in [-0.39, 0.29) is 17.9 Å². The number of hydrogen-bond acceptors (Lipinski definition) is 5. The van der Waals surface area contributed by atoms with Gasteiger partial charge in [-0.15, -0.1) is 0 Å². The predicted octanol–water partition coefficient (Wildman–Crippen LogP) is 0.971. The molecule has 0 unspecified atom stereocenters. The Morgan fingerprint density at radius 1 is 1.67 bits per heavy atom. The molecule has 1 N–H and O–H groups in total. The number of aldehydes is 1. The van der Waals surface area contributed by atoms with Gasteiger partial charge < -0.3 is 9.84 Å². The topological polar surface area (TPSA) is 76.5 Å². The zero-order valence-corrected chi connectivity index (χ0v) is 8.48. The first-order valence-electron chi connectivity index (χ1n) is 4.32. The fourth-order valence-electron chi connectivity index (χ4n) is 1.08. The third kappa shape index (κ3) is 2.52. The van der Waals surface area contributed by atoms with Gasteiger partial charge in [0.1, 0.15) is 12.4 Å². The molecule has 0 saturated heterocycles. The maximum Gasteiger partial charge on any atom is 0.302 e. The lowest BCUT2D eigenvalue weighted by Crippen LogP contribution is -2.03. The molecule has 0 aliphatic rings. The average molecular weight is 209 g/mol. The Balaban J connectivity index is 3.02. The smallest absolute Gasteiger partial charge is 0.302 e. The number of carbonyl (C=O) groups excluding carboxylic acids is 2. The Morgan fingerprint density at radius 2 is 2.33 bits per heavy atom. The Morgan fingerprint density at radius 3 is 2.87 bits per heavy atom. The summed E-state index contributed by atoms with van der Waals surface area (Å²) >= 11 is 0. The van der Waals surface area contributed by atoms with E-state index in [1.54, 1.807) is 6.92 Å². The summed E-state index contributed by atoms with van der Waals surface area (Å²) in [5.41, 5.74) is 0.871. The molecule has 0 aliphatic carbocycles. The molecule has 0 aliphatic heterocycles. The maximum atomic E-state index is 10.7. The van der Waals surface area contributed by atoms with Gasteiger partial charge in [-0.3, -0.25) is 14.6 Å². The van der Waals surface area contributed by atoms with Crippen LogP contribution >= 0.6 is 0 Å². The second-order valence-electron chi connectivity index (χ2n) is 3.03. The van der Waals surface area contributed by atoms with Gasteiger partial charge in [-0.05, 0) is 6.92 Å². The highest BCUT2D eigenvalue weighted by atomic mass is 16.5. The summed E-state index contributed by atoms with van der Waals surface area (Å²) < 4.78 is 4.72. The van der Waals surface area contributed by atoms with Crippen LogP contribution in [-0.4, -0.2) is 22.3 Å². The van der Waals surface area contributed by atoms with Crippen molar-refractivity contribution >= 4 is 12.3 Å². The highest BCUT2D eigenvalue weighted by Crippen LogP contribution is 2.22. The number of rotatable bonds is 3. The Kier molecular flexibility index (Phi) is 3.38. The van der Waals surface area contributed by atoms with Crippen LogP contribution in [0.2, 0.25) is 0 Å². The second kappa shape index (κ2) is 4.54. The summed E-state index contributed by atoms with van der Waals surface area (Å²) in [5.74, 6) is -0.624. The molecule has 0 fully saturated rings. The van der Waals surface area contributed by atoms with Crippen molar-refractivity contribution in [3.05, 3.63) is 23.0 Å². The first-order chi connectivity index (χ1) is 7.06. The van der Waals surface area contributed by atoms with Gasteiger partial charge in [0.25, 0.3) is 0 Å². The van der Waals surface area contributed by atoms with Crippen LogP contribution < -0.4 is 0 Å². The fourth-order valence-corrected chi connectivity index (χ4v) is 1.08. The van der Waals surface area contributed by atoms with Crippen LogP contribution in [0, 0.1) is 6.92 Å². The van der Waals surface area contributed by atoms with Crippen LogP contribution in [0.1, 0.15) is 28.5 Å². The molecular formula is C10H11NO4. The van der Waals surface area contributed by atoms with Gasteiger partial charge in [-0.2, -0.15) is 0 Å². The van der Waals surface area contributed by atoms with Crippen molar-refractivity contribution in [1.82, 2.24) is 4.98 Å². The number of aryl methyl sites for hydroxylation is 1. The fraction of sp³-hybridized carbons (Fsp3) is 0.300. The quantitative estimate of drug-likeness (QED) is 0.593. The molecule has 1 aromatic heterocycles. The number of hydrogen-bond donors (Lipinski definition) is 1. The Labute approximate surface area is 86.7 Å². The van der Waals surface area contributed by atoms with Crippen molar-refractivity contribution in [2.75, 3.05) is 0 Å². The molecule has 80 valence electrons. The molecule has 1 heterocycles. The minimum atomic E-state index is -0.452. The van der Waals surface area contributed by atoms with Crippen molar-refractivity contribution < 1.29 is 19.4 Å². The monoisotopic (exact) mass is 209 g/mol. The van der Waals surface area contributed by atoms with Gasteiger partial charge >= 0.3 is 5.97 Å². The van der Waals surface area contributed by atoms with Crippen molar-refractivity contribution in [3.63, 3.8) is 0 Å². The van der Waals surface area contributed by atoms with Crippen molar-refractivity contribution in [2.45, 2.75) is 20.5 Å². The van der Waals surface area contributed by atoms with Gasteiger partial charge in [0, 0.05) is 18.7 Å².